The van der Waals surface area contributed by atoms with E-state index >= 15 is 0 Å². The van der Waals surface area contributed by atoms with Crippen LogP contribution in [0.3, 0.4) is 0 Å². The molecule has 0 radical (unpaired) electrons. The van der Waals surface area contributed by atoms with Gasteiger partial charge < -0.3 is 10.2 Å². The molecule has 1 atom stereocenters. The first kappa shape index (κ1) is 31.7. The molecule has 41 heavy (non-hydrogen) atoms. The van der Waals surface area contributed by atoms with E-state index in [4.69, 9.17) is 0 Å². The number of hydrogen-bond donors (Lipinski definition) is 1. The third-order valence-corrected chi connectivity index (χ3v) is 8.22. The first-order chi connectivity index (χ1) is 19.2. The number of carbonyl (C=O) groups excluding carboxylic acids is 2. The molecule has 0 aliphatic rings. The molecule has 3 aromatic carbocycles. The maximum absolute atomic E-state index is 13.8. The van der Waals surface area contributed by atoms with Gasteiger partial charge in [-0.1, -0.05) is 54.1 Å². The monoisotopic (exact) mass is 589 g/mol. The summed E-state index contributed by atoms with van der Waals surface area (Å²) in [6.45, 7) is 6.10. The van der Waals surface area contributed by atoms with Gasteiger partial charge >= 0.3 is 6.18 Å². The van der Waals surface area contributed by atoms with Crippen LogP contribution < -0.4 is 9.62 Å². The van der Waals surface area contributed by atoms with Gasteiger partial charge in [-0.3, -0.25) is 13.9 Å². The molecule has 3 rings (SSSR count). The highest BCUT2D eigenvalue weighted by Crippen LogP contribution is 2.33. The zero-order valence-corrected chi connectivity index (χ0v) is 24.2. The van der Waals surface area contributed by atoms with Crippen molar-refractivity contribution in [3.8, 4) is 0 Å². The Hall–Kier alpha value is -3.86. The molecule has 0 saturated heterocycles. The van der Waals surface area contributed by atoms with Crippen LogP contribution in [0.2, 0.25) is 0 Å². The molecule has 11 heteroatoms. The van der Waals surface area contributed by atoms with Crippen molar-refractivity contribution in [2.45, 2.75) is 57.3 Å². The summed E-state index contributed by atoms with van der Waals surface area (Å²) in [5.41, 5.74) is 0.291. The molecule has 220 valence electrons. The van der Waals surface area contributed by atoms with Gasteiger partial charge in [-0.2, -0.15) is 13.2 Å². The second-order valence-electron chi connectivity index (χ2n) is 10.0. The van der Waals surface area contributed by atoms with Crippen molar-refractivity contribution in [2.75, 3.05) is 17.4 Å². The van der Waals surface area contributed by atoms with Crippen molar-refractivity contribution in [3.05, 3.63) is 95.6 Å². The predicted molar refractivity (Wildman–Crippen MR) is 152 cm³/mol. The molecule has 0 saturated carbocycles. The highest BCUT2D eigenvalue weighted by atomic mass is 32.2. The number of alkyl halides is 3. The van der Waals surface area contributed by atoms with E-state index in [0.717, 1.165) is 23.3 Å². The summed E-state index contributed by atoms with van der Waals surface area (Å²) in [6, 6.07) is 17.7. The number of rotatable bonds is 11. The molecular weight excluding hydrogens is 555 g/mol. The molecular formula is C30H34F3N3O4S. The predicted octanol–water partition coefficient (Wildman–Crippen LogP) is 5.19. The zero-order chi connectivity index (χ0) is 30.4. The van der Waals surface area contributed by atoms with Gasteiger partial charge in [-0.05, 0) is 70.0 Å². The molecule has 0 spiro atoms. The van der Waals surface area contributed by atoms with Crippen LogP contribution in [-0.2, 0) is 32.2 Å². The fraction of sp³-hybridized carbons (Fsp3) is 0.333. The quantitative estimate of drug-likeness (QED) is 0.334. The Morgan fingerprint density at radius 3 is 2.12 bits per heavy atom. The third-order valence-electron chi connectivity index (χ3n) is 6.43. The summed E-state index contributed by atoms with van der Waals surface area (Å²) in [5, 5.41) is 2.76. The maximum atomic E-state index is 13.8. The lowest BCUT2D eigenvalue weighted by atomic mass is 10.1. The average molecular weight is 590 g/mol. The Morgan fingerprint density at radius 1 is 0.902 bits per heavy atom. The molecule has 0 heterocycles. The number of halogens is 3. The van der Waals surface area contributed by atoms with Crippen LogP contribution in [0.4, 0.5) is 18.9 Å². The molecule has 7 nitrogen and oxygen atoms in total. The Balaban J connectivity index is 2.04. The fourth-order valence-corrected chi connectivity index (χ4v) is 5.58. The Labute approximate surface area is 239 Å². The summed E-state index contributed by atoms with van der Waals surface area (Å²) < 4.78 is 68.9. The summed E-state index contributed by atoms with van der Waals surface area (Å²) in [6.07, 6.45) is -4.36. The summed E-state index contributed by atoms with van der Waals surface area (Å²) in [4.78, 5) is 27.8. The van der Waals surface area contributed by atoms with Crippen LogP contribution in [0.1, 0.15) is 37.5 Å². The Bertz CT molecular complexity index is 1440. The normalized spacial score (nSPS) is 12.6. The van der Waals surface area contributed by atoms with Gasteiger partial charge in [0, 0.05) is 12.6 Å². The minimum Gasteiger partial charge on any atom is -0.352 e. The van der Waals surface area contributed by atoms with E-state index in [0.29, 0.717) is 16.8 Å². The molecule has 0 aromatic heterocycles. The largest absolute Gasteiger partial charge is 0.416 e. The number of amides is 2. The molecule has 0 bridgehead atoms. The first-order valence-corrected chi connectivity index (χ1v) is 14.5. The fourth-order valence-electron chi connectivity index (χ4n) is 4.18. The van der Waals surface area contributed by atoms with E-state index < -0.39 is 46.2 Å². The van der Waals surface area contributed by atoms with E-state index in [-0.39, 0.29) is 23.2 Å². The highest BCUT2D eigenvalue weighted by molar-refractivity contribution is 7.92. The number of anilines is 1. The SMILES string of the molecule is Cc1ccc(S(=O)(=O)N(CC(=O)N(CCc2ccccc2)[C@@H](C)C(=O)NC(C)C)c2cccc(C(F)(F)F)c2)cc1. The standard InChI is InChI=1S/C30H34F3N3O4S/c1-21(2)34-29(38)23(4)35(18-17-24-9-6-5-7-10-24)28(37)20-36(26-12-8-11-25(19-26)30(31,32)33)41(39,40)27-15-13-22(3)14-16-27/h5-16,19,21,23H,17-18,20H2,1-4H3,(H,34,38)/t23-/m0/s1. The van der Waals surface area contributed by atoms with Crippen molar-refractivity contribution in [1.82, 2.24) is 10.2 Å². The van der Waals surface area contributed by atoms with Gasteiger partial charge in [0.25, 0.3) is 10.0 Å². The van der Waals surface area contributed by atoms with Crippen LogP contribution in [0.15, 0.2) is 83.8 Å². The zero-order valence-electron chi connectivity index (χ0n) is 23.4. The Kier molecular flexibility index (Phi) is 10.2. The minimum atomic E-state index is -4.73. The molecule has 0 fully saturated rings. The number of nitrogens with zero attached hydrogens (tertiary/aromatic N) is 2. The number of nitrogens with one attached hydrogen (secondary N) is 1. The van der Waals surface area contributed by atoms with Crippen molar-refractivity contribution in [1.29, 1.82) is 0 Å². The van der Waals surface area contributed by atoms with E-state index in [1.807, 2.05) is 30.3 Å². The smallest absolute Gasteiger partial charge is 0.352 e. The lowest BCUT2D eigenvalue weighted by Gasteiger charge is -2.32. The van der Waals surface area contributed by atoms with Gasteiger partial charge in [0.1, 0.15) is 12.6 Å². The second-order valence-corrected chi connectivity index (χ2v) is 11.9. The van der Waals surface area contributed by atoms with Crippen LogP contribution >= 0.6 is 0 Å². The third kappa shape index (κ3) is 8.32. The van der Waals surface area contributed by atoms with E-state index in [1.165, 1.54) is 30.0 Å². The topological polar surface area (TPSA) is 86.8 Å². The van der Waals surface area contributed by atoms with E-state index in [9.17, 15) is 31.2 Å². The number of benzene rings is 3. The maximum Gasteiger partial charge on any atom is 0.416 e. The lowest BCUT2D eigenvalue weighted by Crippen LogP contribution is -2.53. The van der Waals surface area contributed by atoms with Crippen LogP contribution in [0, 0.1) is 6.92 Å². The summed E-state index contributed by atoms with van der Waals surface area (Å²) in [5.74, 6) is -1.17. The summed E-state index contributed by atoms with van der Waals surface area (Å²) >= 11 is 0. The van der Waals surface area contributed by atoms with E-state index in [1.54, 1.807) is 32.9 Å². The van der Waals surface area contributed by atoms with Gasteiger partial charge in [0.15, 0.2) is 0 Å². The van der Waals surface area contributed by atoms with Crippen molar-refractivity contribution in [3.63, 3.8) is 0 Å². The van der Waals surface area contributed by atoms with Crippen LogP contribution in [-0.4, -0.2) is 50.3 Å². The van der Waals surface area contributed by atoms with Gasteiger partial charge in [0.2, 0.25) is 11.8 Å². The van der Waals surface area contributed by atoms with Crippen LogP contribution in [0.25, 0.3) is 0 Å². The second kappa shape index (κ2) is 13.2. The van der Waals surface area contributed by atoms with Gasteiger partial charge in [0.05, 0.1) is 16.1 Å². The number of carbonyl (C=O) groups is 2. The molecule has 0 aliphatic carbocycles. The molecule has 0 unspecified atom stereocenters. The van der Waals surface area contributed by atoms with Crippen LogP contribution in [0.5, 0.6) is 0 Å². The average Bonchev–Trinajstić information content (AvgIpc) is 2.91. The molecule has 1 N–H and O–H groups in total. The lowest BCUT2D eigenvalue weighted by molar-refractivity contribution is -0.139. The number of hydrogen-bond acceptors (Lipinski definition) is 4. The minimum absolute atomic E-state index is 0.0799. The Morgan fingerprint density at radius 2 is 1.54 bits per heavy atom. The number of aryl methyl sites for hydroxylation is 1. The number of sulfonamides is 1. The van der Waals surface area contributed by atoms with Crippen molar-refractivity contribution >= 4 is 27.5 Å². The van der Waals surface area contributed by atoms with Gasteiger partial charge in [-0.15, -0.1) is 0 Å². The van der Waals surface area contributed by atoms with Gasteiger partial charge in [-0.25, -0.2) is 8.42 Å². The molecule has 2 amide bonds. The molecule has 0 aliphatic heterocycles. The van der Waals surface area contributed by atoms with Crippen molar-refractivity contribution in [2.24, 2.45) is 0 Å². The summed E-state index contributed by atoms with van der Waals surface area (Å²) in [7, 11) is -4.48. The highest BCUT2D eigenvalue weighted by Gasteiger charge is 2.35. The van der Waals surface area contributed by atoms with Crippen molar-refractivity contribution < 1.29 is 31.2 Å². The molecule has 3 aromatic rings. The first-order valence-electron chi connectivity index (χ1n) is 13.1. The van der Waals surface area contributed by atoms with E-state index in [2.05, 4.69) is 5.32 Å².